The lowest BCUT2D eigenvalue weighted by Crippen LogP contribution is -2.26. The van der Waals surface area contributed by atoms with Gasteiger partial charge >= 0.3 is 0 Å². The number of thiophene rings is 1. The van der Waals surface area contributed by atoms with Gasteiger partial charge in [0, 0.05) is 10.6 Å². The first kappa shape index (κ1) is 9.68. The number of halogens is 1. The lowest BCUT2D eigenvalue weighted by atomic mass is 10.3. The van der Waals surface area contributed by atoms with E-state index in [2.05, 4.69) is 43.7 Å². The first-order chi connectivity index (χ1) is 7.33. The van der Waals surface area contributed by atoms with Gasteiger partial charge in [0.1, 0.15) is 6.33 Å². The molecular weight excluding hydrogens is 296 g/mol. The maximum absolute atomic E-state index is 4.00. The maximum Gasteiger partial charge on any atom is 0.209 e. The molecule has 1 aliphatic rings. The molecule has 2 aromatic rings. The molecule has 1 N–H and O–H groups in total. The molecule has 15 heavy (non-hydrogen) atoms. The topological polar surface area (TPSA) is 42.7 Å². The van der Waals surface area contributed by atoms with E-state index >= 15 is 0 Å². The molecule has 1 aliphatic heterocycles. The molecule has 1 unspecified atom stereocenters. The summed E-state index contributed by atoms with van der Waals surface area (Å²) >= 11 is 6.96. The van der Waals surface area contributed by atoms with E-state index in [0.717, 1.165) is 10.9 Å². The Kier molecular flexibility index (Phi) is 2.45. The normalized spacial score (nSPS) is 19.7. The molecule has 0 aliphatic carbocycles. The van der Waals surface area contributed by atoms with Crippen LogP contribution in [0.5, 0.6) is 0 Å². The lowest BCUT2D eigenvalue weighted by molar-refractivity contribution is 0.665. The van der Waals surface area contributed by atoms with E-state index in [1.165, 1.54) is 8.66 Å². The number of nitrogens with one attached hydrogen (secondary N) is 1. The van der Waals surface area contributed by atoms with Gasteiger partial charge in [-0.05, 0) is 28.1 Å². The Hall–Kier alpha value is -0.530. The van der Waals surface area contributed by atoms with Gasteiger partial charge in [-0.15, -0.1) is 21.5 Å². The largest absolute Gasteiger partial charge is 0.313 e. The third-order valence-corrected chi connectivity index (χ3v) is 4.90. The van der Waals surface area contributed by atoms with Crippen molar-refractivity contribution in [2.24, 2.45) is 0 Å². The molecule has 0 aromatic carbocycles. The maximum atomic E-state index is 4.00. The van der Waals surface area contributed by atoms with Gasteiger partial charge in [0.15, 0.2) is 0 Å². The van der Waals surface area contributed by atoms with Crippen molar-refractivity contribution in [1.29, 1.82) is 0 Å². The van der Waals surface area contributed by atoms with Gasteiger partial charge in [-0.25, -0.2) is 4.68 Å². The number of hydrogen-bond donors (Lipinski definition) is 1. The number of nitrogens with zero attached hydrogens (tertiary/aromatic N) is 3. The summed E-state index contributed by atoms with van der Waals surface area (Å²) in [7, 11) is 0. The third kappa shape index (κ3) is 1.79. The smallest absolute Gasteiger partial charge is 0.209 e. The first-order valence-corrected chi connectivity index (χ1v) is 6.97. The van der Waals surface area contributed by atoms with Crippen molar-refractivity contribution < 1.29 is 0 Å². The van der Waals surface area contributed by atoms with Gasteiger partial charge < -0.3 is 5.43 Å². The minimum atomic E-state index is 0.342. The SMILES string of the molecule is Brc1ccc(C2CSc3nncn3N2)s1. The summed E-state index contributed by atoms with van der Waals surface area (Å²) in [6.07, 6.45) is 1.71. The summed E-state index contributed by atoms with van der Waals surface area (Å²) < 4.78 is 3.05. The van der Waals surface area contributed by atoms with Gasteiger partial charge in [-0.2, -0.15) is 0 Å². The van der Waals surface area contributed by atoms with Crippen molar-refractivity contribution in [3.63, 3.8) is 0 Å². The summed E-state index contributed by atoms with van der Waals surface area (Å²) in [5.74, 6) is 0.992. The molecular formula is C8H7BrN4S2. The van der Waals surface area contributed by atoms with Crippen LogP contribution in [0.25, 0.3) is 0 Å². The molecule has 2 aromatic heterocycles. The van der Waals surface area contributed by atoms with Crippen molar-refractivity contribution in [1.82, 2.24) is 14.9 Å². The van der Waals surface area contributed by atoms with E-state index in [0.29, 0.717) is 6.04 Å². The van der Waals surface area contributed by atoms with Crippen molar-refractivity contribution in [3.05, 3.63) is 27.1 Å². The Labute approximate surface area is 103 Å². The van der Waals surface area contributed by atoms with E-state index in [1.54, 1.807) is 29.4 Å². The Morgan fingerprint density at radius 3 is 3.27 bits per heavy atom. The molecule has 7 heteroatoms. The first-order valence-electron chi connectivity index (χ1n) is 4.37. The van der Waals surface area contributed by atoms with Gasteiger partial charge in [0.2, 0.25) is 5.16 Å². The van der Waals surface area contributed by atoms with E-state index in [4.69, 9.17) is 0 Å². The summed E-state index contributed by atoms with van der Waals surface area (Å²) in [4.78, 5) is 1.33. The summed E-state index contributed by atoms with van der Waals surface area (Å²) in [6.45, 7) is 0. The molecule has 78 valence electrons. The molecule has 0 spiro atoms. The van der Waals surface area contributed by atoms with Crippen LogP contribution in [-0.2, 0) is 0 Å². The number of aromatic nitrogens is 3. The van der Waals surface area contributed by atoms with Gasteiger partial charge in [0.25, 0.3) is 0 Å². The van der Waals surface area contributed by atoms with Gasteiger partial charge in [-0.1, -0.05) is 11.8 Å². The van der Waals surface area contributed by atoms with Crippen LogP contribution in [0.2, 0.25) is 0 Å². The van der Waals surface area contributed by atoms with E-state index in [-0.39, 0.29) is 0 Å². The van der Waals surface area contributed by atoms with Crippen molar-refractivity contribution >= 4 is 39.0 Å². The highest BCUT2D eigenvalue weighted by Gasteiger charge is 2.21. The van der Waals surface area contributed by atoms with E-state index in [9.17, 15) is 0 Å². The molecule has 0 saturated carbocycles. The summed E-state index contributed by atoms with van der Waals surface area (Å²) in [5, 5.41) is 8.79. The predicted octanol–water partition coefficient (Wildman–Crippen LogP) is 2.49. The van der Waals surface area contributed by atoms with Crippen LogP contribution in [0.1, 0.15) is 10.9 Å². The molecule has 0 saturated heterocycles. The van der Waals surface area contributed by atoms with Crippen LogP contribution in [0, 0.1) is 0 Å². The van der Waals surface area contributed by atoms with Gasteiger partial charge in [-0.3, -0.25) is 0 Å². The van der Waals surface area contributed by atoms with Gasteiger partial charge in [0.05, 0.1) is 9.83 Å². The average molecular weight is 303 g/mol. The molecule has 0 bridgehead atoms. The number of fused-ring (bicyclic) bond motifs is 1. The molecule has 1 atom stereocenters. The lowest BCUT2D eigenvalue weighted by Gasteiger charge is -2.23. The zero-order valence-corrected chi connectivity index (χ0v) is 10.8. The van der Waals surface area contributed by atoms with E-state index in [1.807, 2.05) is 4.68 Å². The molecule has 0 fully saturated rings. The Bertz CT molecular complexity index is 480. The Morgan fingerprint density at radius 1 is 1.53 bits per heavy atom. The van der Waals surface area contributed by atoms with Crippen molar-refractivity contribution in [2.45, 2.75) is 11.2 Å². The fourth-order valence-electron chi connectivity index (χ4n) is 1.44. The third-order valence-electron chi connectivity index (χ3n) is 2.13. The molecule has 4 nitrogen and oxygen atoms in total. The van der Waals surface area contributed by atoms with Crippen LogP contribution in [-0.4, -0.2) is 20.6 Å². The zero-order chi connectivity index (χ0) is 10.3. The highest BCUT2D eigenvalue weighted by molar-refractivity contribution is 9.11. The zero-order valence-electron chi connectivity index (χ0n) is 7.55. The Balaban J connectivity index is 1.87. The number of thioether (sulfide) groups is 1. The van der Waals surface area contributed by atoms with Crippen molar-refractivity contribution in [2.75, 3.05) is 11.2 Å². The van der Waals surface area contributed by atoms with Crippen LogP contribution in [0.15, 0.2) is 27.4 Å². The fourth-order valence-corrected chi connectivity index (χ4v) is 3.92. The highest BCUT2D eigenvalue weighted by atomic mass is 79.9. The second-order valence-corrected chi connectivity index (χ2v) is 6.60. The monoisotopic (exact) mass is 302 g/mol. The van der Waals surface area contributed by atoms with Crippen LogP contribution in [0.3, 0.4) is 0 Å². The van der Waals surface area contributed by atoms with Crippen molar-refractivity contribution in [3.8, 4) is 0 Å². The second-order valence-electron chi connectivity index (χ2n) is 3.12. The van der Waals surface area contributed by atoms with Crippen LogP contribution in [0.4, 0.5) is 0 Å². The number of hydrogen-bond acceptors (Lipinski definition) is 5. The molecule has 3 rings (SSSR count). The second kappa shape index (κ2) is 3.80. The van der Waals surface area contributed by atoms with Crippen LogP contribution < -0.4 is 5.43 Å². The van der Waals surface area contributed by atoms with E-state index < -0.39 is 0 Å². The molecule has 0 radical (unpaired) electrons. The fraction of sp³-hybridized carbons (Fsp3) is 0.250. The minimum absolute atomic E-state index is 0.342. The Morgan fingerprint density at radius 2 is 2.47 bits per heavy atom. The average Bonchev–Trinajstić information content (AvgIpc) is 2.84. The van der Waals surface area contributed by atoms with Crippen LogP contribution >= 0.6 is 39.0 Å². The quantitative estimate of drug-likeness (QED) is 0.879. The highest BCUT2D eigenvalue weighted by Crippen LogP contribution is 2.33. The molecule has 3 heterocycles. The summed E-state index contributed by atoms with van der Waals surface area (Å²) in [6, 6.07) is 4.56. The number of rotatable bonds is 1. The standard InChI is InChI=1S/C8H7BrN4S2/c9-7-2-1-6(15-7)5-3-14-8-11-10-4-13(8)12-5/h1-2,4-5,12H,3H2. The summed E-state index contributed by atoms with van der Waals surface area (Å²) in [5.41, 5.74) is 3.37. The predicted molar refractivity (Wildman–Crippen MR) is 64.9 cm³/mol. The molecule has 0 amide bonds. The minimum Gasteiger partial charge on any atom is -0.313 e.